The first-order valence-corrected chi connectivity index (χ1v) is 31.0. The molecule has 0 radical (unpaired) electrons. The van der Waals surface area contributed by atoms with Crippen molar-refractivity contribution >= 4 is 119 Å². The molecular weight excluding hydrogens is 1090 g/mol. The van der Waals surface area contributed by atoms with Gasteiger partial charge in [-0.05, 0) is 196 Å². The fraction of sp³-hybridized carbons (Fsp3) is 0. The molecule has 0 amide bonds. The van der Waals surface area contributed by atoms with Crippen molar-refractivity contribution in [3.8, 4) is 77.9 Å². The minimum atomic E-state index is 0.854. The zero-order valence-corrected chi connectivity index (χ0v) is 48.8. The van der Waals surface area contributed by atoms with Gasteiger partial charge >= 0.3 is 0 Å². The largest absolute Gasteiger partial charge is 0.456 e. The minimum absolute atomic E-state index is 0.854. The van der Waals surface area contributed by atoms with Crippen LogP contribution in [0.25, 0.3) is 197 Å². The molecule has 0 unspecified atom stereocenters. The van der Waals surface area contributed by atoms with Crippen LogP contribution in [0.3, 0.4) is 0 Å². The van der Waals surface area contributed by atoms with Crippen LogP contribution in [0.15, 0.2) is 324 Å². The van der Waals surface area contributed by atoms with Crippen molar-refractivity contribution in [2.75, 3.05) is 0 Å². The molecule has 2 heteroatoms. The van der Waals surface area contributed by atoms with Gasteiger partial charge in [-0.3, -0.25) is 0 Å². The fourth-order valence-electron chi connectivity index (χ4n) is 15.3. The third-order valence-corrected chi connectivity index (χ3v) is 19.2. The molecule has 19 aromatic rings. The van der Waals surface area contributed by atoms with Crippen molar-refractivity contribution in [2.24, 2.45) is 0 Å². The summed E-state index contributed by atoms with van der Waals surface area (Å²) in [6.07, 6.45) is 0. The Morgan fingerprint density at radius 2 is 0.567 bits per heavy atom. The summed E-state index contributed by atoms with van der Waals surface area (Å²) >= 11 is 0. The van der Waals surface area contributed by atoms with E-state index in [0.717, 1.165) is 77.3 Å². The number of hydrogen-bond acceptors (Lipinski definition) is 2. The van der Waals surface area contributed by atoms with Crippen molar-refractivity contribution in [1.82, 2.24) is 0 Å². The molecular formula is C88H52O2. The van der Waals surface area contributed by atoms with E-state index in [9.17, 15) is 0 Å². The maximum atomic E-state index is 7.12. The highest BCUT2D eigenvalue weighted by Crippen LogP contribution is 2.51. The van der Waals surface area contributed by atoms with Crippen LogP contribution >= 0.6 is 0 Å². The van der Waals surface area contributed by atoms with Gasteiger partial charge < -0.3 is 8.83 Å². The Kier molecular flexibility index (Phi) is 11.1. The first-order valence-electron chi connectivity index (χ1n) is 31.0. The fourth-order valence-corrected chi connectivity index (χ4v) is 15.3. The van der Waals surface area contributed by atoms with E-state index >= 15 is 0 Å². The Morgan fingerprint density at radius 3 is 1.20 bits per heavy atom. The van der Waals surface area contributed by atoms with Gasteiger partial charge in [-0.1, -0.05) is 267 Å². The van der Waals surface area contributed by atoms with Crippen LogP contribution in [0.4, 0.5) is 0 Å². The molecule has 2 heterocycles. The lowest BCUT2D eigenvalue weighted by molar-refractivity contribution is 0.669. The molecule has 0 aliphatic heterocycles. The predicted molar refractivity (Wildman–Crippen MR) is 382 cm³/mol. The maximum absolute atomic E-state index is 7.12. The van der Waals surface area contributed by atoms with Crippen molar-refractivity contribution in [2.45, 2.75) is 0 Å². The standard InChI is InChI=1S/C88H52O2/c1-2-21-54-48-56(41-40-53(54)20-1)77-49-57(42-45-75(77)87-73-35-15-11-31-69(73)84(70-32-12-16-36-74(70)87)58-43-46-82-79(51-58)65-27-17-18-39-81(65)89-82)61-37-19-38-76-80-52-59(44-47-83(80)90-88(61)76)85-67-29-9-13-33-71(67)86(72-34-14-10-30-68(72)85)66-28-8-7-26-64(66)78-50-55-22-3-4-23-60(55)62-24-5-6-25-63(62)78/h1-52H. The smallest absolute Gasteiger partial charge is 0.143 e. The van der Waals surface area contributed by atoms with Gasteiger partial charge in [0.1, 0.15) is 22.3 Å². The van der Waals surface area contributed by atoms with Gasteiger partial charge in [0, 0.05) is 27.1 Å². The summed E-state index contributed by atoms with van der Waals surface area (Å²) in [5, 5.41) is 21.5. The average molecular weight is 1140 g/mol. The molecule has 0 fully saturated rings. The quantitative estimate of drug-likeness (QED) is 0.117. The van der Waals surface area contributed by atoms with Crippen LogP contribution in [0.1, 0.15) is 0 Å². The molecule has 2 nitrogen and oxygen atoms in total. The summed E-state index contributed by atoms with van der Waals surface area (Å²) in [4.78, 5) is 0. The van der Waals surface area contributed by atoms with Gasteiger partial charge in [-0.2, -0.15) is 0 Å². The van der Waals surface area contributed by atoms with E-state index in [1.54, 1.807) is 0 Å². The first kappa shape index (κ1) is 50.3. The van der Waals surface area contributed by atoms with E-state index in [1.165, 1.54) is 120 Å². The molecule has 0 saturated carbocycles. The first-order chi connectivity index (χ1) is 44.6. The summed E-state index contributed by atoms with van der Waals surface area (Å²) in [5.41, 5.74) is 20.0. The summed E-state index contributed by atoms with van der Waals surface area (Å²) in [7, 11) is 0. The van der Waals surface area contributed by atoms with Crippen molar-refractivity contribution in [3.05, 3.63) is 315 Å². The van der Waals surface area contributed by atoms with E-state index < -0.39 is 0 Å². The zero-order valence-electron chi connectivity index (χ0n) is 48.8. The van der Waals surface area contributed by atoms with Gasteiger partial charge in [0.2, 0.25) is 0 Å². The van der Waals surface area contributed by atoms with Crippen molar-refractivity contribution in [1.29, 1.82) is 0 Å². The molecule has 2 aromatic heterocycles. The van der Waals surface area contributed by atoms with Gasteiger partial charge in [0.15, 0.2) is 0 Å². The second-order valence-corrected chi connectivity index (χ2v) is 24.0. The molecule has 19 rings (SSSR count). The normalized spacial score (nSPS) is 12.0. The number of para-hydroxylation sites is 2. The Balaban J connectivity index is 0.784. The summed E-state index contributed by atoms with van der Waals surface area (Å²) in [6, 6.07) is 116. The van der Waals surface area contributed by atoms with Crippen molar-refractivity contribution in [3.63, 3.8) is 0 Å². The molecule has 0 N–H and O–H groups in total. The van der Waals surface area contributed by atoms with E-state index in [1.807, 2.05) is 6.07 Å². The van der Waals surface area contributed by atoms with E-state index in [-0.39, 0.29) is 0 Å². The second kappa shape index (κ2) is 19.8. The van der Waals surface area contributed by atoms with E-state index in [2.05, 4.69) is 309 Å². The number of fused-ring (bicyclic) bond motifs is 14. The lowest BCUT2D eigenvalue weighted by Gasteiger charge is -2.20. The SMILES string of the molecule is c1ccc(-c2cc3ccccc3c3ccccc23)c(-c2c3ccccc3c(-c3ccc4oc5c(-c6ccc(-c7c8ccccc8c(-c8ccc9oc%10ccccc%10c9c8)c8ccccc78)c(-c7ccc8ccccc8c7)c6)cccc5c4c3)c3ccccc23)c1. The molecule has 0 atom stereocenters. The number of hydrogen-bond donors (Lipinski definition) is 0. The third kappa shape index (κ3) is 7.65. The minimum Gasteiger partial charge on any atom is -0.456 e. The Bertz CT molecular complexity index is 6120. The third-order valence-electron chi connectivity index (χ3n) is 19.2. The molecule has 90 heavy (non-hydrogen) atoms. The number of furan rings is 2. The Labute approximate surface area is 518 Å². The van der Waals surface area contributed by atoms with Crippen LogP contribution < -0.4 is 0 Å². The molecule has 0 bridgehead atoms. The molecule has 0 spiro atoms. The zero-order chi connectivity index (χ0) is 59.0. The number of rotatable bonds is 7. The topological polar surface area (TPSA) is 26.3 Å². The van der Waals surface area contributed by atoms with Crippen LogP contribution in [0.2, 0.25) is 0 Å². The second-order valence-electron chi connectivity index (χ2n) is 24.0. The van der Waals surface area contributed by atoms with Crippen molar-refractivity contribution < 1.29 is 8.83 Å². The van der Waals surface area contributed by atoms with E-state index in [4.69, 9.17) is 8.83 Å². The lowest BCUT2D eigenvalue weighted by Crippen LogP contribution is -1.94. The monoisotopic (exact) mass is 1140 g/mol. The summed E-state index contributed by atoms with van der Waals surface area (Å²) in [5.74, 6) is 0. The average Bonchev–Trinajstić information content (AvgIpc) is 0.848. The molecule has 0 aliphatic rings. The molecule has 0 aliphatic carbocycles. The Hall–Kier alpha value is -11.8. The maximum Gasteiger partial charge on any atom is 0.143 e. The van der Waals surface area contributed by atoms with E-state index in [0.29, 0.717) is 0 Å². The van der Waals surface area contributed by atoms with Crippen LogP contribution in [-0.2, 0) is 0 Å². The highest BCUT2D eigenvalue weighted by Gasteiger charge is 2.25. The summed E-state index contributed by atoms with van der Waals surface area (Å²) in [6.45, 7) is 0. The van der Waals surface area contributed by atoms with Gasteiger partial charge in [0.25, 0.3) is 0 Å². The molecule has 0 saturated heterocycles. The van der Waals surface area contributed by atoms with Crippen LogP contribution in [0.5, 0.6) is 0 Å². The molecule has 416 valence electrons. The van der Waals surface area contributed by atoms with Gasteiger partial charge in [-0.15, -0.1) is 0 Å². The predicted octanol–water partition coefficient (Wildman–Crippen LogP) is 25.2. The van der Waals surface area contributed by atoms with Crippen LogP contribution in [-0.4, -0.2) is 0 Å². The number of benzene rings is 17. The highest BCUT2D eigenvalue weighted by atomic mass is 16.3. The Morgan fingerprint density at radius 1 is 0.156 bits per heavy atom. The highest BCUT2D eigenvalue weighted by molar-refractivity contribution is 6.26. The van der Waals surface area contributed by atoms with Gasteiger partial charge in [0.05, 0.1) is 0 Å². The van der Waals surface area contributed by atoms with Gasteiger partial charge in [-0.25, -0.2) is 0 Å². The lowest BCUT2D eigenvalue weighted by atomic mass is 9.82. The summed E-state index contributed by atoms with van der Waals surface area (Å²) < 4.78 is 13.5. The molecule has 17 aromatic carbocycles. The van der Waals surface area contributed by atoms with Crippen LogP contribution in [0, 0.1) is 0 Å².